The van der Waals surface area contributed by atoms with Gasteiger partial charge >= 0.3 is 0 Å². The summed E-state index contributed by atoms with van der Waals surface area (Å²) in [7, 11) is -0.984. The average Bonchev–Trinajstić information content (AvgIpc) is 3.15. The summed E-state index contributed by atoms with van der Waals surface area (Å²) >= 11 is 0. The number of rotatable bonds is 11. The van der Waals surface area contributed by atoms with Crippen LogP contribution in [0.5, 0.6) is 0 Å². The van der Waals surface area contributed by atoms with Gasteiger partial charge in [0.2, 0.25) is 0 Å². The molecule has 0 unspecified atom stereocenters. The number of hydrogen-bond acceptors (Lipinski definition) is 0. The highest BCUT2D eigenvalue weighted by atomic mass is 31.1. The van der Waals surface area contributed by atoms with Crippen molar-refractivity contribution >= 4 is 80.2 Å². The van der Waals surface area contributed by atoms with E-state index in [0.29, 0.717) is 0 Å². The van der Waals surface area contributed by atoms with Crippen molar-refractivity contribution in [3.05, 3.63) is 170 Å². The third-order valence-electron chi connectivity index (χ3n) is 9.74. The maximum absolute atomic E-state index is 2.40. The summed E-state index contributed by atoms with van der Waals surface area (Å²) in [6, 6.07) is 63.5. The van der Waals surface area contributed by atoms with E-state index in [1.165, 1.54) is 102 Å². The molecule has 0 spiro atoms. The van der Waals surface area contributed by atoms with Gasteiger partial charge in [0.1, 0.15) is 0 Å². The highest BCUT2D eigenvalue weighted by Crippen LogP contribution is 2.42. The van der Waals surface area contributed by atoms with Crippen LogP contribution in [0.3, 0.4) is 0 Å². The molecule has 0 aliphatic heterocycles. The lowest BCUT2D eigenvalue weighted by Crippen LogP contribution is -2.16. The number of benzene rings is 8. The quantitative estimate of drug-likeness (QED) is 0.0962. The average molecular weight is 655 g/mol. The highest BCUT2D eigenvalue weighted by Gasteiger charge is 2.20. The Kier molecular flexibility index (Phi) is 9.30. The van der Waals surface area contributed by atoms with Crippen molar-refractivity contribution in [3.8, 4) is 0 Å². The number of hydrogen-bond donors (Lipinski definition) is 0. The number of unbranched alkanes of at least 4 members (excludes halogenated alkanes) is 3. The van der Waals surface area contributed by atoms with E-state index in [9.17, 15) is 0 Å². The van der Waals surface area contributed by atoms with Gasteiger partial charge in [0.15, 0.2) is 0 Å². The molecule has 0 saturated carbocycles. The molecule has 0 bridgehead atoms. The Morgan fingerprint density at radius 1 is 0.250 bits per heavy atom. The minimum Gasteiger partial charge on any atom is -0.0616 e. The third-order valence-corrected chi connectivity index (χ3v) is 15.2. The molecular formula is C46H40P2. The first-order valence-electron chi connectivity index (χ1n) is 17.3. The van der Waals surface area contributed by atoms with Crippen molar-refractivity contribution in [1.82, 2.24) is 0 Å². The summed E-state index contributed by atoms with van der Waals surface area (Å²) < 4.78 is 0. The van der Waals surface area contributed by atoms with E-state index in [2.05, 4.69) is 170 Å². The molecule has 0 atom stereocenters. The Morgan fingerprint density at radius 3 is 0.792 bits per heavy atom. The van der Waals surface area contributed by atoms with E-state index in [-0.39, 0.29) is 0 Å². The van der Waals surface area contributed by atoms with Crippen LogP contribution in [-0.2, 0) is 0 Å². The van der Waals surface area contributed by atoms with Gasteiger partial charge in [-0.25, -0.2) is 0 Å². The van der Waals surface area contributed by atoms with Gasteiger partial charge in [0, 0.05) is 0 Å². The predicted octanol–water partition coefficient (Wildman–Crippen LogP) is 11.4. The first-order chi connectivity index (χ1) is 23.8. The van der Waals surface area contributed by atoms with E-state index in [4.69, 9.17) is 0 Å². The number of fused-ring (bicyclic) bond motifs is 4. The van der Waals surface area contributed by atoms with Crippen molar-refractivity contribution < 1.29 is 0 Å². The Balaban J connectivity index is 1.04. The monoisotopic (exact) mass is 654 g/mol. The molecule has 8 aromatic carbocycles. The molecule has 0 nitrogen and oxygen atoms in total. The molecule has 0 fully saturated rings. The summed E-state index contributed by atoms with van der Waals surface area (Å²) in [5, 5.41) is 17.1. The summed E-state index contributed by atoms with van der Waals surface area (Å²) in [4.78, 5) is 0. The second-order valence-corrected chi connectivity index (χ2v) is 17.2. The van der Waals surface area contributed by atoms with Gasteiger partial charge in [-0.15, -0.1) is 0 Å². The molecule has 0 aromatic heterocycles. The smallest absolute Gasteiger partial charge is 0.0104 e. The maximum atomic E-state index is 2.40. The molecule has 0 radical (unpaired) electrons. The normalized spacial score (nSPS) is 11.8. The first kappa shape index (κ1) is 31.0. The standard InChI is InChI=1S/C46H40P2/c1(11-33-47(43-29-13-21-35-17-3-7-25-39(35)43)44-30-14-22-36-18-4-8-26-40(36)44)2-12-34-48(45-31-15-23-37-19-5-9-27-41(37)45)46-32-16-24-38-20-6-10-28-42(38)46/h3-10,13-32H,1-2,11-12,33-34H2. The van der Waals surface area contributed by atoms with Crippen LogP contribution in [0.2, 0.25) is 0 Å². The minimum absolute atomic E-state index is 0.492. The van der Waals surface area contributed by atoms with Crippen LogP contribution in [0.25, 0.3) is 43.1 Å². The molecule has 0 aliphatic rings. The Morgan fingerprint density at radius 2 is 0.500 bits per heavy atom. The second-order valence-electron chi connectivity index (χ2n) is 12.7. The van der Waals surface area contributed by atoms with Crippen molar-refractivity contribution in [1.29, 1.82) is 0 Å². The van der Waals surface area contributed by atoms with Crippen LogP contribution in [0.4, 0.5) is 0 Å². The molecule has 8 rings (SSSR count). The van der Waals surface area contributed by atoms with Crippen LogP contribution >= 0.6 is 15.8 Å². The highest BCUT2D eigenvalue weighted by molar-refractivity contribution is 7.74. The molecule has 0 amide bonds. The fraction of sp³-hybridized carbons (Fsp3) is 0.130. The molecule has 0 N–H and O–H groups in total. The van der Waals surface area contributed by atoms with Gasteiger partial charge in [-0.05, 0) is 105 Å². The molecule has 234 valence electrons. The van der Waals surface area contributed by atoms with Gasteiger partial charge in [0.25, 0.3) is 0 Å². The van der Waals surface area contributed by atoms with Gasteiger partial charge in [-0.3, -0.25) is 0 Å². The van der Waals surface area contributed by atoms with Crippen LogP contribution < -0.4 is 21.2 Å². The van der Waals surface area contributed by atoms with Crippen LogP contribution in [0, 0.1) is 0 Å². The molecule has 0 heterocycles. The van der Waals surface area contributed by atoms with E-state index in [1.54, 1.807) is 0 Å². The molecule has 2 heteroatoms. The van der Waals surface area contributed by atoms with Crippen molar-refractivity contribution in [3.63, 3.8) is 0 Å². The maximum Gasteiger partial charge on any atom is -0.0104 e. The zero-order chi connectivity index (χ0) is 32.1. The van der Waals surface area contributed by atoms with Crippen molar-refractivity contribution in [2.45, 2.75) is 25.7 Å². The fourth-order valence-corrected chi connectivity index (χ4v) is 13.0. The van der Waals surface area contributed by atoms with Crippen LogP contribution in [0.15, 0.2) is 170 Å². The molecule has 0 saturated heterocycles. The van der Waals surface area contributed by atoms with E-state index in [1.807, 2.05) is 0 Å². The van der Waals surface area contributed by atoms with E-state index >= 15 is 0 Å². The summed E-state index contributed by atoms with van der Waals surface area (Å²) in [5.41, 5.74) is 0. The Bertz CT molecular complexity index is 1990. The molecule has 8 aromatic rings. The van der Waals surface area contributed by atoms with Gasteiger partial charge in [0.05, 0.1) is 0 Å². The van der Waals surface area contributed by atoms with E-state index < -0.39 is 15.8 Å². The summed E-state index contributed by atoms with van der Waals surface area (Å²) in [5.74, 6) is 0. The fourth-order valence-electron chi connectivity index (χ4n) is 7.41. The van der Waals surface area contributed by atoms with Crippen LogP contribution in [-0.4, -0.2) is 12.3 Å². The first-order valence-corrected chi connectivity index (χ1v) is 20.4. The second kappa shape index (κ2) is 14.4. The Labute approximate surface area is 287 Å². The van der Waals surface area contributed by atoms with Crippen LogP contribution in [0.1, 0.15) is 25.7 Å². The van der Waals surface area contributed by atoms with Crippen molar-refractivity contribution in [2.75, 3.05) is 12.3 Å². The zero-order valence-corrected chi connectivity index (χ0v) is 29.1. The predicted molar refractivity (Wildman–Crippen MR) is 216 cm³/mol. The topological polar surface area (TPSA) is 0 Å². The molecular weight excluding hydrogens is 614 g/mol. The lowest BCUT2D eigenvalue weighted by Gasteiger charge is -2.23. The van der Waals surface area contributed by atoms with Crippen molar-refractivity contribution in [2.24, 2.45) is 0 Å². The third kappa shape index (κ3) is 6.29. The van der Waals surface area contributed by atoms with Gasteiger partial charge < -0.3 is 0 Å². The lowest BCUT2D eigenvalue weighted by atomic mass is 10.1. The largest absolute Gasteiger partial charge is 0.0616 e. The lowest BCUT2D eigenvalue weighted by molar-refractivity contribution is 0.709. The molecule has 0 aliphatic carbocycles. The molecule has 48 heavy (non-hydrogen) atoms. The van der Waals surface area contributed by atoms with E-state index in [0.717, 1.165) is 0 Å². The Hall–Kier alpha value is -4.34. The van der Waals surface area contributed by atoms with Gasteiger partial charge in [-0.1, -0.05) is 183 Å². The summed E-state index contributed by atoms with van der Waals surface area (Å²) in [6.45, 7) is 0. The minimum atomic E-state index is -0.492. The van der Waals surface area contributed by atoms with Gasteiger partial charge in [-0.2, -0.15) is 0 Å². The summed E-state index contributed by atoms with van der Waals surface area (Å²) in [6.07, 6.45) is 7.47. The zero-order valence-electron chi connectivity index (χ0n) is 27.3. The SMILES string of the molecule is c1ccc2c(P(CCCCCCP(c3cccc4ccccc34)c3cccc4ccccc34)c3cccc4ccccc34)cccc2c1.